The van der Waals surface area contributed by atoms with Gasteiger partial charge in [0.15, 0.2) is 23.0 Å². The number of benzene rings is 1. The van der Waals surface area contributed by atoms with E-state index in [4.69, 9.17) is 19.3 Å². The van der Waals surface area contributed by atoms with E-state index in [2.05, 4.69) is 9.88 Å². The summed E-state index contributed by atoms with van der Waals surface area (Å²) in [5.74, 6) is 3.52. The molecular weight excluding hydrogens is 408 g/mol. The number of anilines is 1. The van der Waals surface area contributed by atoms with Gasteiger partial charge in [-0.3, -0.25) is 4.79 Å². The summed E-state index contributed by atoms with van der Waals surface area (Å²) in [7, 11) is 0. The highest BCUT2D eigenvalue weighted by atomic mass is 16.6. The third kappa shape index (κ3) is 3.53. The van der Waals surface area contributed by atoms with Crippen molar-refractivity contribution in [3.05, 3.63) is 51.9 Å². The van der Waals surface area contributed by atoms with E-state index < -0.39 is 0 Å². The highest BCUT2D eigenvalue weighted by Gasteiger charge is 2.28. The SMILES string of the molecule is Cc1cc2ncc(C3CC3)c(=O)n2nc1N1CCC(Oc2ccc3c(c2)OCCO3)CC1. The zero-order valence-corrected chi connectivity index (χ0v) is 18.1. The molecule has 0 N–H and O–H groups in total. The summed E-state index contributed by atoms with van der Waals surface area (Å²) < 4.78 is 18.9. The van der Waals surface area contributed by atoms with E-state index in [1.807, 2.05) is 31.2 Å². The van der Waals surface area contributed by atoms with Crippen molar-refractivity contribution in [3.63, 3.8) is 0 Å². The zero-order valence-electron chi connectivity index (χ0n) is 18.1. The van der Waals surface area contributed by atoms with Gasteiger partial charge in [0.05, 0.1) is 0 Å². The van der Waals surface area contributed by atoms with Crippen LogP contribution in [0.4, 0.5) is 5.82 Å². The Morgan fingerprint density at radius 2 is 1.81 bits per heavy atom. The average molecular weight is 434 g/mol. The highest BCUT2D eigenvalue weighted by Crippen LogP contribution is 2.38. The number of aryl methyl sites for hydroxylation is 1. The summed E-state index contributed by atoms with van der Waals surface area (Å²) in [5, 5.41) is 4.72. The van der Waals surface area contributed by atoms with Gasteiger partial charge in [0.25, 0.3) is 5.56 Å². The fourth-order valence-electron chi connectivity index (χ4n) is 4.56. The number of hydrogen-bond donors (Lipinski definition) is 0. The van der Waals surface area contributed by atoms with Crippen LogP contribution in [0.2, 0.25) is 0 Å². The molecule has 166 valence electrons. The first-order valence-corrected chi connectivity index (χ1v) is 11.4. The smallest absolute Gasteiger partial charge is 0.277 e. The van der Waals surface area contributed by atoms with Gasteiger partial charge in [-0.1, -0.05) is 0 Å². The van der Waals surface area contributed by atoms with Crippen LogP contribution in [0.25, 0.3) is 5.65 Å². The maximum atomic E-state index is 12.9. The van der Waals surface area contributed by atoms with Crippen LogP contribution >= 0.6 is 0 Å². The van der Waals surface area contributed by atoms with Gasteiger partial charge >= 0.3 is 0 Å². The van der Waals surface area contributed by atoms with Crippen LogP contribution in [0.5, 0.6) is 17.2 Å². The van der Waals surface area contributed by atoms with Crippen LogP contribution in [0.1, 0.15) is 42.7 Å². The van der Waals surface area contributed by atoms with Crippen molar-refractivity contribution >= 4 is 11.5 Å². The molecule has 32 heavy (non-hydrogen) atoms. The van der Waals surface area contributed by atoms with E-state index in [0.29, 0.717) is 24.8 Å². The highest BCUT2D eigenvalue weighted by molar-refractivity contribution is 5.53. The summed E-state index contributed by atoms with van der Waals surface area (Å²) in [5.41, 5.74) is 2.40. The Morgan fingerprint density at radius 1 is 1.03 bits per heavy atom. The Morgan fingerprint density at radius 3 is 2.59 bits per heavy atom. The van der Waals surface area contributed by atoms with Gasteiger partial charge < -0.3 is 19.1 Å². The van der Waals surface area contributed by atoms with Crippen molar-refractivity contribution < 1.29 is 14.2 Å². The molecule has 0 amide bonds. The molecule has 0 spiro atoms. The number of piperidine rings is 1. The number of fused-ring (bicyclic) bond motifs is 2. The number of nitrogens with zero attached hydrogens (tertiary/aromatic N) is 4. The molecule has 0 bridgehead atoms. The minimum atomic E-state index is -0.0319. The van der Waals surface area contributed by atoms with Crippen molar-refractivity contribution in [2.75, 3.05) is 31.2 Å². The van der Waals surface area contributed by atoms with Crippen LogP contribution in [-0.2, 0) is 0 Å². The topological polar surface area (TPSA) is 78.2 Å². The molecule has 0 unspecified atom stereocenters. The van der Waals surface area contributed by atoms with E-state index in [1.165, 1.54) is 4.52 Å². The molecule has 6 rings (SSSR count). The Balaban J connectivity index is 1.18. The summed E-state index contributed by atoms with van der Waals surface area (Å²) in [6.45, 7) is 4.81. The lowest BCUT2D eigenvalue weighted by Gasteiger charge is -2.33. The lowest BCUT2D eigenvalue weighted by Crippen LogP contribution is -2.39. The van der Waals surface area contributed by atoms with Crippen molar-refractivity contribution in [1.29, 1.82) is 0 Å². The first-order chi connectivity index (χ1) is 15.7. The fraction of sp³-hybridized carbons (Fsp3) is 0.458. The predicted octanol–water partition coefficient (Wildman–Crippen LogP) is 3.09. The Labute approximate surface area is 185 Å². The van der Waals surface area contributed by atoms with E-state index >= 15 is 0 Å². The average Bonchev–Trinajstić information content (AvgIpc) is 3.65. The standard InChI is InChI=1S/C24H26N4O4/c1-15-12-22-25-14-19(16-2-3-16)24(29)28(22)26-23(15)27-8-6-17(7-9-27)32-18-4-5-20-21(13-18)31-11-10-30-20/h4-5,12-14,16-17H,2-3,6-11H2,1H3. The number of hydrogen-bond acceptors (Lipinski definition) is 7. The molecule has 2 aliphatic heterocycles. The minimum absolute atomic E-state index is 0.0319. The van der Waals surface area contributed by atoms with Gasteiger partial charge in [0, 0.05) is 43.8 Å². The van der Waals surface area contributed by atoms with Gasteiger partial charge in [-0.2, -0.15) is 4.52 Å². The monoisotopic (exact) mass is 434 g/mol. The molecule has 8 nitrogen and oxygen atoms in total. The largest absolute Gasteiger partial charge is 0.490 e. The maximum Gasteiger partial charge on any atom is 0.277 e. The molecule has 3 aromatic rings. The molecule has 1 aliphatic carbocycles. The normalized spacial score (nSPS) is 18.7. The molecule has 2 aromatic heterocycles. The number of aromatic nitrogens is 3. The molecule has 8 heteroatoms. The molecule has 1 aromatic carbocycles. The third-order valence-electron chi connectivity index (χ3n) is 6.46. The second kappa shape index (κ2) is 7.69. The van der Waals surface area contributed by atoms with Gasteiger partial charge in [0.2, 0.25) is 0 Å². The second-order valence-corrected chi connectivity index (χ2v) is 8.82. The predicted molar refractivity (Wildman–Crippen MR) is 119 cm³/mol. The van der Waals surface area contributed by atoms with Crippen molar-refractivity contribution in [3.8, 4) is 17.2 Å². The second-order valence-electron chi connectivity index (χ2n) is 8.82. The molecular formula is C24H26N4O4. The van der Waals surface area contributed by atoms with Crippen LogP contribution < -0.4 is 24.7 Å². The van der Waals surface area contributed by atoms with Crippen molar-refractivity contribution in [2.24, 2.45) is 0 Å². The lowest BCUT2D eigenvalue weighted by atomic mass is 10.1. The molecule has 0 radical (unpaired) electrons. The van der Waals surface area contributed by atoms with Gasteiger partial charge in [-0.05, 0) is 49.4 Å². The van der Waals surface area contributed by atoms with Gasteiger partial charge in [-0.15, -0.1) is 5.10 Å². The molecule has 2 fully saturated rings. The quantitative estimate of drug-likeness (QED) is 0.624. The van der Waals surface area contributed by atoms with Crippen LogP contribution in [-0.4, -0.2) is 47.0 Å². The van der Waals surface area contributed by atoms with Crippen LogP contribution in [0.15, 0.2) is 35.3 Å². The van der Waals surface area contributed by atoms with Crippen molar-refractivity contribution in [2.45, 2.75) is 44.6 Å². The summed E-state index contributed by atoms with van der Waals surface area (Å²) in [4.78, 5) is 19.6. The first-order valence-electron chi connectivity index (χ1n) is 11.4. The maximum absolute atomic E-state index is 12.9. The number of rotatable bonds is 4. The minimum Gasteiger partial charge on any atom is -0.490 e. The first kappa shape index (κ1) is 19.4. The Kier molecular flexibility index (Phi) is 4.66. The molecule has 1 saturated carbocycles. The summed E-state index contributed by atoms with van der Waals surface area (Å²) >= 11 is 0. The van der Waals surface area contributed by atoms with E-state index in [9.17, 15) is 4.79 Å². The van der Waals surface area contributed by atoms with Gasteiger partial charge in [-0.25, -0.2) is 4.98 Å². The third-order valence-corrected chi connectivity index (χ3v) is 6.46. The molecule has 3 aliphatic rings. The van der Waals surface area contributed by atoms with Crippen LogP contribution in [0.3, 0.4) is 0 Å². The lowest BCUT2D eigenvalue weighted by molar-refractivity contribution is 0.159. The molecule has 0 atom stereocenters. The number of ether oxygens (including phenoxy) is 3. The van der Waals surface area contributed by atoms with E-state index in [1.54, 1.807) is 6.20 Å². The molecule has 1 saturated heterocycles. The fourth-order valence-corrected chi connectivity index (χ4v) is 4.56. The van der Waals surface area contributed by atoms with Crippen molar-refractivity contribution in [1.82, 2.24) is 14.6 Å². The van der Waals surface area contributed by atoms with E-state index in [0.717, 1.165) is 73.0 Å². The van der Waals surface area contributed by atoms with E-state index in [-0.39, 0.29) is 11.7 Å². The zero-order chi connectivity index (χ0) is 21.7. The van der Waals surface area contributed by atoms with Crippen LogP contribution in [0, 0.1) is 6.92 Å². The molecule has 4 heterocycles. The Bertz CT molecular complexity index is 1230. The summed E-state index contributed by atoms with van der Waals surface area (Å²) in [6, 6.07) is 7.71. The summed E-state index contributed by atoms with van der Waals surface area (Å²) in [6.07, 6.45) is 5.75. The Hall–Kier alpha value is -3.29. The van der Waals surface area contributed by atoms with Gasteiger partial charge in [0.1, 0.15) is 25.1 Å².